The molecule has 30 heavy (non-hydrogen) atoms. The van der Waals surface area contributed by atoms with E-state index in [-0.39, 0.29) is 18.1 Å². The summed E-state index contributed by atoms with van der Waals surface area (Å²) in [5.74, 6) is -0.352. The Morgan fingerprint density at radius 1 is 1.03 bits per heavy atom. The maximum absolute atomic E-state index is 12.2. The third kappa shape index (κ3) is 4.76. The second kappa shape index (κ2) is 8.82. The molecule has 4 rings (SSSR count). The van der Waals surface area contributed by atoms with E-state index in [1.54, 1.807) is 23.1 Å². The largest absolute Gasteiger partial charge is 0.355 e. The molecular weight excluding hydrogens is 384 g/mol. The molecule has 150 valence electrons. The van der Waals surface area contributed by atoms with Crippen LogP contribution in [-0.2, 0) is 11.3 Å². The van der Waals surface area contributed by atoms with Crippen molar-refractivity contribution in [2.24, 2.45) is 0 Å². The third-order valence-electron chi connectivity index (χ3n) is 4.26. The molecule has 0 fully saturated rings. The maximum atomic E-state index is 12.2. The van der Waals surface area contributed by atoms with E-state index in [9.17, 15) is 9.59 Å². The Labute approximate surface area is 171 Å². The molecule has 0 bridgehead atoms. The lowest BCUT2D eigenvalue weighted by molar-refractivity contribution is -0.115. The van der Waals surface area contributed by atoms with Crippen LogP contribution < -0.4 is 10.6 Å². The zero-order valence-electron chi connectivity index (χ0n) is 15.9. The summed E-state index contributed by atoms with van der Waals surface area (Å²) in [6.07, 6.45) is 3.11. The molecular formula is C21H18N6O3. The van der Waals surface area contributed by atoms with E-state index in [1.165, 1.54) is 12.4 Å². The highest BCUT2D eigenvalue weighted by Crippen LogP contribution is 2.19. The molecule has 0 spiro atoms. The minimum Gasteiger partial charge on any atom is -0.355 e. The number of amides is 2. The van der Waals surface area contributed by atoms with Gasteiger partial charge in [0.2, 0.25) is 5.91 Å². The number of benzene rings is 2. The van der Waals surface area contributed by atoms with Gasteiger partial charge in [0.1, 0.15) is 12.7 Å². The molecule has 2 amide bonds. The first-order chi connectivity index (χ1) is 14.7. The quantitative estimate of drug-likeness (QED) is 0.490. The molecule has 2 aromatic carbocycles. The minimum absolute atomic E-state index is 0.110. The first-order valence-corrected chi connectivity index (χ1v) is 9.19. The van der Waals surface area contributed by atoms with Gasteiger partial charge in [-0.2, -0.15) is 5.10 Å². The summed E-state index contributed by atoms with van der Waals surface area (Å²) in [7, 11) is 0. The summed E-state index contributed by atoms with van der Waals surface area (Å²) in [5, 5.41) is 13.1. The summed E-state index contributed by atoms with van der Waals surface area (Å²) in [4.78, 5) is 28.2. The van der Waals surface area contributed by atoms with E-state index in [0.29, 0.717) is 18.0 Å². The van der Waals surface area contributed by atoms with E-state index in [0.717, 1.165) is 11.1 Å². The second-order valence-corrected chi connectivity index (χ2v) is 6.46. The Kier molecular flexibility index (Phi) is 5.61. The molecule has 0 aliphatic carbocycles. The molecule has 0 aliphatic rings. The first-order valence-electron chi connectivity index (χ1n) is 9.19. The average molecular weight is 402 g/mol. The summed E-state index contributed by atoms with van der Waals surface area (Å²) in [6.45, 7) is 0.403. The standard InChI is InChI=1S/C21H18N6O3/c28-20(25-17-8-6-15(7-9-17)12-27-14-22-13-24-27)11-23-21(29)18-10-19(30-26-18)16-4-2-1-3-5-16/h1-10,13-14H,11-12H2,(H,23,29)(H,25,28). The number of carbonyl (C=O) groups excluding carboxylic acids is 2. The molecule has 2 heterocycles. The summed E-state index contributed by atoms with van der Waals surface area (Å²) in [6, 6.07) is 18.2. The van der Waals surface area contributed by atoms with Crippen LogP contribution in [0.4, 0.5) is 5.69 Å². The van der Waals surface area contributed by atoms with Crippen molar-refractivity contribution in [3.8, 4) is 11.3 Å². The van der Waals surface area contributed by atoms with Gasteiger partial charge in [-0.25, -0.2) is 9.67 Å². The minimum atomic E-state index is -0.487. The van der Waals surface area contributed by atoms with Crippen LogP contribution in [-0.4, -0.2) is 38.3 Å². The van der Waals surface area contributed by atoms with Gasteiger partial charge in [-0.15, -0.1) is 0 Å². The van der Waals surface area contributed by atoms with Crippen LogP contribution in [0.5, 0.6) is 0 Å². The highest BCUT2D eigenvalue weighted by atomic mass is 16.5. The number of rotatable bonds is 7. The number of carbonyl (C=O) groups is 2. The number of hydrogen-bond acceptors (Lipinski definition) is 6. The molecule has 9 heteroatoms. The van der Waals surface area contributed by atoms with Crippen LogP contribution >= 0.6 is 0 Å². The Balaban J connectivity index is 1.27. The lowest BCUT2D eigenvalue weighted by Crippen LogP contribution is -2.33. The van der Waals surface area contributed by atoms with E-state index in [4.69, 9.17) is 4.52 Å². The van der Waals surface area contributed by atoms with Crippen molar-refractivity contribution >= 4 is 17.5 Å². The highest BCUT2D eigenvalue weighted by Gasteiger charge is 2.14. The van der Waals surface area contributed by atoms with E-state index in [1.807, 2.05) is 42.5 Å². The molecule has 0 unspecified atom stereocenters. The molecule has 4 aromatic rings. The Morgan fingerprint density at radius 3 is 2.57 bits per heavy atom. The van der Waals surface area contributed by atoms with Crippen molar-refractivity contribution < 1.29 is 14.1 Å². The molecule has 9 nitrogen and oxygen atoms in total. The number of nitrogens with zero attached hydrogens (tertiary/aromatic N) is 4. The number of hydrogen-bond donors (Lipinski definition) is 2. The number of anilines is 1. The van der Waals surface area contributed by atoms with Gasteiger partial charge in [-0.05, 0) is 17.7 Å². The molecule has 2 aromatic heterocycles. The average Bonchev–Trinajstić information content (AvgIpc) is 3.46. The van der Waals surface area contributed by atoms with Gasteiger partial charge < -0.3 is 15.2 Å². The number of aromatic nitrogens is 4. The van der Waals surface area contributed by atoms with E-state index < -0.39 is 5.91 Å². The smallest absolute Gasteiger partial charge is 0.273 e. The summed E-state index contributed by atoms with van der Waals surface area (Å²) < 4.78 is 6.91. The van der Waals surface area contributed by atoms with Crippen molar-refractivity contribution in [1.29, 1.82) is 0 Å². The summed E-state index contributed by atoms with van der Waals surface area (Å²) >= 11 is 0. The van der Waals surface area contributed by atoms with Gasteiger partial charge in [0, 0.05) is 17.3 Å². The zero-order chi connectivity index (χ0) is 20.8. The fourth-order valence-electron chi connectivity index (χ4n) is 2.77. The van der Waals surface area contributed by atoms with Crippen molar-refractivity contribution in [2.75, 3.05) is 11.9 Å². The molecule has 0 aliphatic heterocycles. The highest BCUT2D eigenvalue weighted by molar-refractivity contribution is 5.98. The Hall–Kier alpha value is -4.27. The van der Waals surface area contributed by atoms with Crippen LogP contribution in [0, 0.1) is 0 Å². The molecule has 2 N–H and O–H groups in total. The van der Waals surface area contributed by atoms with Gasteiger partial charge >= 0.3 is 0 Å². The fraction of sp³-hybridized carbons (Fsp3) is 0.0952. The van der Waals surface area contributed by atoms with Crippen molar-refractivity contribution in [3.63, 3.8) is 0 Å². The first kappa shape index (κ1) is 19.1. The SMILES string of the molecule is O=C(CNC(=O)c1cc(-c2ccccc2)on1)Nc1ccc(Cn2cncn2)cc1. The lowest BCUT2D eigenvalue weighted by atomic mass is 10.1. The monoisotopic (exact) mass is 402 g/mol. The predicted molar refractivity (Wildman–Crippen MR) is 108 cm³/mol. The van der Waals surface area contributed by atoms with Crippen molar-refractivity contribution in [3.05, 3.63) is 84.6 Å². The third-order valence-corrected chi connectivity index (χ3v) is 4.26. The van der Waals surface area contributed by atoms with Gasteiger partial charge in [-0.1, -0.05) is 47.6 Å². The molecule has 0 saturated carbocycles. The van der Waals surface area contributed by atoms with Crippen LogP contribution in [0.15, 0.2) is 77.8 Å². The second-order valence-electron chi connectivity index (χ2n) is 6.46. The molecule has 0 saturated heterocycles. The van der Waals surface area contributed by atoms with Crippen LogP contribution in [0.25, 0.3) is 11.3 Å². The van der Waals surface area contributed by atoms with Gasteiger partial charge in [0.15, 0.2) is 11.5 Å². The fourth-order valence-corrected chi connectivity index (χ4v) is 2.77. The van der Waals surface area contributed by atoms with Gasteiger partial charge in [0.25, 0.3) is 5.91 Å². The Morgan fingerprint density at radius 2 is 1.83 bits per heavy atom. The van der Waals surface area contributed by atoms with Gasteiger partial charge in [0.05, 0.1) is 13.1 Å². The topological polar surface area (TPSA) is 115 Å². The van der Waals surface area contributed by atoms with Gasteiger partial charge in [-0.3, -0.25) is 9.59 Å². The molecule has 0 atom stereocenters. The van der Waals surface area contributed by atoms with Crippen LogP contribution in [0.3, 0.4) is 0 Å². The predicted octanol–water partition coefficient (Wildman–Crippen LogP) is 2.35. The summed E-state index contributed by atoms with van der Waals surface area (Å²) in [5.41, 5.74) is 2.57. The Bertz CT molecular complexity index is 1120. The normalized spacial score (nSPS) is 10.5. The van der Waals surface area contributed by atoms with Crippen molar-refractivity contribution in [1.82, 2.24) is 25.2 Å². The van der Waals surface area contributed by atoms with Crippen LogP contribution in [0.1, 0.15) is 16.1 Å². The lowest BCUT2D eigenvalue weighted by Gasteiger charge is -2.07. The van der Waals surface area contributed by atoms with E-state index >= 15 is 0 Å². The van der Waals surface area contributed by atoms with Crippen molar-refractivity contribution in [2.45, 2.75) is 6.54 Å². The van der Waals surface area contributed by atoms with E-state index in [2.05, 4.69) is 25.9 Å². The zero-order valence-corrected chi connectivity index (χ0v) is 15.9. The molecule has 0 radical (unpaired) electrons. The maximum Gasteiger partial charge on any atom is 0.273 e. The number of nitrogens with one attached hydrogen (secondary N) is 2. The van der Waals surface area contributed by atoms with Crippen LogP contribution in [0.2, 0.25) is 0 Å².